The van der Waals surface area contributed by atoms with Crippen LogP contribution in [0.5, 0.6) is 0 Å². The number of hydrogen-bond acceptors (Lipinski definition) is 7. The number of hydrogen-bond donors (Lipinski definition) is 0. The molecule has 0 amide bonds. The first kappa shape index (κ1) is 35.2. The maximum atomic E-state index is 6.62. The van der Waals surface area contributed by atoms with Gasteiger partial charge in [-0.2, -0.15) is 0 Å². The van der Waals surface area contributed by atoms with Crippen LogP contribution in [0.1, 0.15) is 0 Å². The van der Waals surface area contributed by atoms with E-state index in [-0.39, 0.29) is 0 Å². The molecule has 9 aromatic carbocycles. The third-order valence-corrected chi connectivity index (χ3v) is 13.7. The summed E-state index contributed by atoms with van der Waals surface area (Å²) in [6, 6.07) is 65.1. The van der Waals surface area contributed by atoms with E-state index in [1.807, 2.05) is 78.1 Å². The zero-order valence-electron chi connectivity index (χ0n) is 33.9. The molecule has 0 aliphatic heterocycles. The molecule has 5 aromatic heterocycles. The predicted molar refractivity (Wildman–Crippen MR) is 262 cm³/mol. The van der Waals surface area contributed by atoms with E-state index in [2.05, 4.69) is 121 Å². The fraction of sp³-hybridized carbons (Fsp3) is 0. The quantitative estimate of drug-likeness (QED) is 0.172. The molecule has 0 fully saturated rings. The van der Waals surface area contributed by atoms with Crippen molar-refractivity contribution in [3.63, 3.8) is 0 Å². The summed E-state index contributed by atoms with van der Waals surface area (Å²) in [5.41, 5.74) is 11.9. The number of rotatable bonds is 5. The Hall–Kier alpha value is -8.39. The average Bonchev–Trinajstić information content (AvgIpc) is 4.13. The van der Waals surface area contributed by atoms with Gasteiger partial charge in [0, 0.05) is 69.2 Å². The molecule has 0 bridgehead atoms. The van der Waals surface area contributed by atoms with Gasteiger partial charge in [-0.25, -0.2) is 15.0 Å². The summed E-state index contributed by atoms with van der Waals surface area (Å²) in [6.07, 6.45) is 0. The van der Waals surface area contributed by atoms with Gasteiger partial charge < -0.3 is 13.3 Å². The minimum atomic E-state index is 0.553. The van der Waals surface area contributed by atoms with Gasteiger partial charge in [-0.05, 0) is 89.0 Å². The number of furan rings is 3. The maximum Gasteiger partial charge on any atom is 0.164 e. The minimum Gasteiger partial charge on any atom is -0.456 e. The van der Waals surface area contributed by atoms with Gasteiger partial charge in [0.25, 0.3) is 0 Å². The van der Waals surface area contributed by atoms with E-state index in [4.69, 9.17) is 28.2 Å². The van der Waals surface area contributed by atoms with Crippen molar-refractivity contribution >= 4 is 97.3 Å². The topological polar surface area (TPSA) is 78.1 Å². The summed E-state index contributed by atoms with van der Waals surface area (Å²) in [5.74, 6) is 1.69. The Morgan fingerprint density at radius 2 is 0.828 bits per heavy atom. The van der Waals surface area contributed by atoms with Crippen LogP contribution in [0.4, 0.5) is 0 Å². The molecule has 0 unspecified atom stereocenters. The third kappa shape index (κ3) is 5.41. The molecular formula is C57H31N3O3S. The molecule has 0 aliphatic rings. The Morgan fingerprint density at radius 3 is 1.70 bits per heavy atom. The molecule has 298 valence electrons. The first-order valence-electron chi connectivity index (χ1n) is 21.2. The van der Waals surface area contributed by atoms with Crippen molar-refractivity contribution in [2.24, 2.45) is 0 Å². The van der Waals surface area contributed by atoms with Gasteiger partial charge >= 0.3 is 0 Å². The largest absolute Gasteiger partial charge is 0.456 e. The van der Waals surface area contributed by atoms with E-state index < -0.39 is 0 Å². The summed E-state index contributed by atoms with van der Waals surface area (Å²) in [7, 11) is 0. The fourth-order valence-corrected chi connectivity index (χ4v) is 10.7. The van der Waals surface area contributed by atoms with Crippen LogP contribution in [0.3, 0.4) is 0 Å². The van der Waals surface area contributed by atoms with Crippen LogP contribution in [0.15, 0.2) is 201 Å². The molecule has 0 aliphatic carbocycles. The molecule has 5 heterocycles. The van der Waals surface area contributed by atoms with Crippen molar-refractivity contribution in [1.82, 2.24) is 15.0 Å². The highest BCUT2D eigenvalue weighted by Gasteiger charge is 2.21. The van der Waals surface area contributed by atoms with Crippen molar-refractivity contribution in [2.45, 2.75) is 0 Å². The van der Waals surface area contributed by atoms with Gasteiger partial charge in [0.05, 0.1) is 0 Å². The van der Waals surface area contributed by atoms with Crippen LogP contribution in [-0.4, -0.2) is 15.0 Å². The lowest BCUT2D eigenvalue weighted by Gasteiger charge is -2.09. The molecule has 64 heavy (non-hydrogen) atoms. The summed E-state index contributed by atoms with van der Waals surface area (Å²) in [4.78, 5) is 15.4. The van der Waals surface area contributed by atoms with E-state index in [0.29, 0.717) is 17.5 Å². The van der Waals surface area contributed by atoms with Gasteiger partial charge in [0.1, 0.15) is 33.5 Å². The second-order valence-electron chi connectivity index (χ2n) is 16.3. The summed E-state index contributed by atoms with van der Waals surface area (Å²) < 4.78 is 22.0. The van der Waals surface area contributed by atoms with Gasteiger partial charge in [0.15, 0.2) is 17.5 Å². The number of para-hydroxylation sites is 1. The molecule has 0 atom stereocenters. The van der Waals surface area contributed by atoms with E-state index in [0.717, 1.165) is 99.2 Å². The van der Waals surface area contributed by atoms with Crippen LogP contribution >= 0.6 is 11.3 Å². The van der Waals surface area contributed by atoms with Crippen molar-refractivity contribution < 1.29 is 13.3 Å². The van der Waals surface area contributed by atoms with Gasteiger partial charge in [-0.1, -0.05) is 121 Å². The number of benzene rings is 9. The summed E-state index contributed by atoms with van der Waals surface area (Å²) >= 11 is 1.84. The third-order valence-electron chi connectivity index (χ3n) is 12.6. The van der Waals surface area contributed by atoms with Crippen molar-refractivity contribution in [3.8, 4) is 56.4 Å². The van der Waals surface area contributed by atoms with Crippen molar-refractivity contribution in [2.75, 3.05) is 0 Å². The molecule has 7 heteroatoms. The van der Waals surface area contributed by atoms with Gasteiger partial charge in [0.2, 0.25) is 0 Å². The van der Waals surface area contributed by atoms with Crippen LogP contribution in [-0.2, 0) is 0 Å². The molecule has 0 saturated carbocycles. The Kier molecular flexibility index (Phi) is 7.46. The van der Waals surface area contributed by atoms with Crippen LogP contribution in [0.25, 0.3) is 142 Å². The number of aromatic nitrogens is 3. The van der Waals surface area contributed by atoms with Crippen molar-refractivity contribution in [3.05, 3.63) is 188 Å². The van der Waals surface area contributed by atoms with Gasteiger partial charge in [-0.15, -0.1) is 11.3 Å². The number of fused-ring (bicyclic) bond motifs is 12. The minimum absolute atomic E-state index is 0.553. The Balaban J connectivity index is 0.906. The van der Waals surface area contributed by atoms with Crippen LogP contribution in [0, 0.1) is 0 Å². The van der Waals surface area contributed by atoms with E-state index in [9.17, 15) is 0 Å². The Labute approximate surface area is 368 Å². The van der Waals surface area contributed by atoms with Crippen molar-refractivity contribution in [1.29, 1.82) is 0 Å². The highest BCUT2D eigenvalue weighted by molar-refractivity contribution is 7.25. The predicted octanol–water partition coefficient (Wildman–Crippen LogP) is 16.3. The lowest BCUT2D eigenvalue weighted by molar-refractivity contribution is 0.668. The second kappa shape index (κ2) is 13.6. The lowest BCUT2D eigenvalue weighted by Crippen LogP contribution is -2.00. The fourth-order valence-electron chi connectivity index (χ4n) is 9.54. The molecule has 0 saturated heterocycles. The van der Waals surface area contributed by atoms with Gasteiger partial charge in [-0.3, -0.25) is 0 Å². The maximum absolute atomic E-state index is 6.62. The average molecular weight is 838 g/mol. The normalized spacial score (nSPS) is 12.1. The standard InChI is InChI=1S/C57H31N3O3S/c1-2-10-32(11-3-1)55-58-56(36-22-24-39-38-12-4-6-16-45(38)62-49(39)30-36)60-57(59-55)43-15-9-18-48-54(43)44-28-35(23-27-46(44)61-48)37-14-8-17-47-53(37)42-26-21-33(29-50(42)63-47)34-20-25-41-40-13-5-7-19-51(40)64-52(41)31-34/h1-31H. The number of thiophene rings is 1. The Bertz CT molecular complexity index is 4210. The smallest absolute Gasteiger partial charge is 0.164 e. The van der Waals surface area contributed by atoms with E-state index in [1.165, 1.54) is 25.7 Å². The highest BCUT2D eigenvalue weighted by Crippen LogP contribution is 2.43. The molecule has 14 rings (SSSR count). The summed E-state index contributed by atoms with van der Waals surface area (Å²) in [6.45, 7) is 0. The van der Waals surface area contributed by atoms with E-state index in [1.54, 1.807) is 0 Å². The zero-order valence-corrected chi connectivity index (χ0v) is 34.7. The first-order chi connectivity index (χ1) is 31.7. The Morgan fingerprint density at radius 1 is 0.281 bits per heavy atom. The number of nitrogens with zero attached hydrogens (tertiary/aromatic N) is 3. The summed E-state index contributed by atoms with van der Waals surface area (Å²) in [5, 5.41) is 8.78. The van der Waals surface area contributed by atoms with Crippen LogP contribution < -0.4 is 0 Å². The first-order valence-corrected chi connectivity index (χ1v) is 22.0. The SMILES string of the molecule is c1ccc(-c2nc(-c3ccc4c(c3)oc3ccccc34)nc(-c3cccc4oc5ccc(-c6cccc7oc8cc(-c9ccc%10c(c9)sc9ccccc9%10)ccc8c67)cc5c34)n2)cc1. The molecule has 6 nitrogen and oxygen atoms in total. The lowest BCUT2D eigenvalue weighted by atomic mass is 9.96. The second-order valence-corrected chi connectivity index (χ2v) is 17.4. The van der Waals surface area contributed by atoms with Crippen LogP contribution in [0.2, 0.25) is 0 Å². The molecular weight excluding hydrogens is 807 g/mol. The van der Waals surface area contributed by atoms with E-state index >= 15 is 0 Å². The molecule has 14 aromatic rings. The monoisotopic (exact) mass is 837 g/mol. The highest BCUT2D eigenvalue weighted by atomic mass is 32.1. The zero-order chi connectivity index (χ0) is 41.9. The molecule has 0 spiro atoms. The molecule has 0 N–H and O–H groups in total. The molecule has 0 radical (unpaired) electrons.